The van der Waals surface area contributed by atoms with E-state index in [1.807, 2.05) is 30.3 Å². The lowest BCUT2D eigenvalue weighted by atomic mass is 10.2. The van der Waals surface area contributed by atoms with Crippen LogP contribution in [-0.4, -0.2) is 17.9 Å². The Balaban J connectivity index is 1.90. The van der Waals surface area contributed by atoms with Crippen LogP contribution in [-0.2, 0) is 6.54 Å². The fourth-order valence-corrected chi connectivity index (χ4v) is 3.54. The molecule has 0 spiro atoms. The molecule has 0 fully saturated rings. The maximum absolute atomic E-state index is 12.5. The monoisotopic (exact) mass is 305 g/mol. The summed E-state index contributed by atoms with van der Waals surface area (Å²) >= 11 is 7.74. The lowest BCUT2D eigenvalue weighted by Gasteiger charge is -2.14. The van der Waals surface area contributed by atoms with Gasteiger partial charge < -0.3 is 9.32 Å². The number of hydrogen-bond donors (Lipinski definition) is 0. The van der Waals surface area contributed by atoms with Gasteiger partial charge in [0.25, 0.3) is 5.91 Å². The van der Waals surface area contributed by atoms with Crippen molar-refractivity contribution in [1.29, 1.82) is 0 Å². The van der Waals surface area contributed by atoms with E-state index in [0.717, 1.165) is 15.8 Å². The van der Waals surface area contributed by atoms with Crippen LogP contribution in [0.25, 0.3) is 10.1 Å². The van der Waals surface area contributed by atoms with E-state index < -0.39 is 0 Å². The number of amides is 1. The van der Waals surface area contributed by atoms with Crippen LogP contribution in [0.5, 0.6) is 0 Å². The van der Waals surface area contributed by atoms with Gasteiger partial charge in [0.05, 0.1) is 17.8 Å². The van der Waals surface area contributed by atoms with Crippen molar-refractivity contribution in [2.75, 3.05) is 7.05 Å². The van der Waals surface area contributed by atoms with Crippen molar-refractivity contribution in [2.24, 2.45) is 0 Å². The largest absolute Gasteiger partial charge is 0.467 e. The van der Waals surface area contributed by atoms with E-state index in [2.05, 4.69) is 0 Å². The average molecular weight is 306 g/mol. The van der Waals surface area contributed by atoms with Crippen molar-refractivity contribution < 1.29 is 9.21 Å². The van der Waals surface area contributed by atoms with Crippen molar-refractivity contribution in [2.45, 2.75) is 6.54 Å². The minimum absolute atomic E-state index is 0.0902. The number of carbonyl (C=O) groups is 1. The molecule has 102 valence electrons. The van der Waals surface area contributed by atoms with Gasteiger partial charge in [-0.2, -0.15) is 0 Å². The number of furan rings is 1. The first kappa shape index (κ1) is 13.2. The summed E-state index contributed by atoms with van der Waals surface area (Å²) < 4.78 is 6.28. The van der Waals surface area contributed by atoms with Gasteiger partial charge in [0.15, 0.2) is 0 Å². The average Bonchev–Trinajstić information content (AvgIpc) is 3.07. The van der Waals surface area contributed by atoms with Crippen LogP contribution in [0.2, 0.25) is 5.02 Å². The van der Waals surface area contributed by atoms with Crippen molar-refractivity contribution >= 4 is 38.9 Å². The maximum Gasteiger partial charge on any atom is 0.265 e. The van der Waals surface area contributed by atoms with E-state index in [9.17, 15) is 4.79 Å². The van der Waals surface area contributed by atoms with Gasteiger partial charge in [0.1, 0.15) is 10.6 Å². The zero-order valence-electron chi connectivity index (χ0n) is 10.8. The molecule has 0 aliphatic heterocycles. The van der Waals surface area contributed by atoms with Gasteiger partial charge in [0.2, 0.25) is 0 Å². The normalized spacial score (nSPS) is 10.9. The fourth-order valence-electron chi connectivity index (χ4n) is 2.03. The number of rotatable bonds is 3. The molecule has 2 heterocycles. The number of carbonyl (C=O) groups excluding carboxylic acids is 1. The van der Waals surface area contributed by atoms with E-state index in [1.165, 1.54) is 11.3 Å². The quantitative estimate of drug-likeness (QED) is 0.717. The van der Waals surface area contributed by atoms with Gasteiger partial charge in [-0.25, -0.2) is 0 Å². The molecule has 0 radical (unpaired) electrons. The molecule has 0 atom stereocenters. The number of fused-ring (bicyclic) bond motifs is 1. The summed E-state index contributed by atoms with van der Waals surface area (Å²) in [6.07, 6.45) is 1.60. The first-order valence-corrected chi connectivity index (χ1v) is 7.31. The summed E-state index contributed by atoms with van der Waals surface area (Å²) in [5.74, 6) is 0.658. The molecule has 0 saturated heterocycles. The van der Waals surface area contributed by atoms with Crippen LogP contribution in [0.4, 0.5) is 0 Å². The Hall–Kier alpha value is -1.78. The summed E-state index contributed by atoms with van der Waals surface area (Å²) in [5, 5.41) is 1.45. The second kappa shape index (κ2) is 5.31. The minimum Gasteiger partial charge on any atom is -0.467 e. The molecule has 3 nitrogen and oxygen atoms in total. The van der Waals surface area contributed by atoms with Gasteiger partial charge in [-0.1, -0.05) is 29.8 Å². The van der Waals surface area contributed by atoms with Gasteiger partial charge >= 0.3 is 0 Å². The highest BCUT2D eigenvalue weighted by atomic mass is 35.5. The molecule has 0 N–H and O–H groups in total. The van der Waals surface area contributed by atoms with E-state index >= 15 is 0 Å². The predicted molar refractivity (Wildman–Crippen MR) is 81.3 cm³/mol. The second-order valence-electron chi connectivity index (χ2n) is 4.48. The highest BCUT2D eigenvalue weighted by Gasteiger charge is 2.20. The number of hydrogen-bond acceptors (Lipinski definition) is 3. The highest BCUT2D eigenvalue weighted by molar-refractivity contribution is 7.21. The first-order chi connectivity index (χ1) is 9.66. The molecule has 0 unspecified atom stereocenters. The zero-order valence-corrected chi connectivity index (χ0v) is 12.4. The third-order valence-corrected chi connectivity index (χ3v) is 4.71. The van der Waals surface area contributed by atoms with Crippen LogP contribution in [0, 0.1) is 0 Å². The lowest BCUT2D eigenvalue weighted by molar-refractivity contribution is 0.0780. The van der Waals surface area contributed by atoms with Gasteiger partial charge in [-0.15, -0.1) is 11.3 Å². The van der Waals surface area contributed by atoms with Crippen LogP contribution in [0.3, 0.4) is 0 Å². The molecule has 3 rings (SSSR count). The summed E-state index contributed by atoms with van der Waals surface area (Å²) in [6.45, 7) is 0.427. The molecule has 0 saturated carbocycles. The summed E-state index contributed by atoms with van der Waals surface area (Å²) in [6, 6.07) is 11.4. The summed E-state index contributed by atoms with van der Waals surface area (Å²) in [4.78, 5) is 14.6. The maximum atomic E-state index is 12.5. The zero-order chi connectivity index (χ0) is 14.1. The summed E-state index contributed by atoms with van der Waals surface area (Å²) in [7, 11) is 1.74. The molecule has 0 bridgehead atoms. The van der Waals surface area contributed by atoms with E-state index in [-0.39, 0.29) is 5.91 Å². The number of benzene rings is 1. The smallest absolute Gasteiger partial charge is 0.265 e. The molecule has 0 aliphatic rings. The standard InChI is InChI=1S/C15H12ClNO2S/c1-17(9-10-5-4-8-19-10)15(18)14-13(16)11-6-2-3-7-12(11)20-14/h2-8H,9H2,1H3. The second-order valence-corrected chi connectivity index (χ2v) is 5.91. The van der Waals surface area contributed by atoms with Crippen LogP contribution in [0.15, 0.2) is 47.1 Å². The van der Waals surface area contributed by atoms with E-state index in [4.69, 9.17) is 16.0 Å². The lowest BCUT2D eigenvalue weighted by Crippen LogP contribution is -2.25. The number of nitrogens with zero attached hydrogens (tertiary/aromatic N) is 1. The Morgan fingerprint density at radius 3 is 2.80 bits per heavy atom. The van der Waals surface area contributed by atoms with Crippen LogP contribution >= 0.6 is 22.9 Å². The molecule has 2 aromatic heterocycles. The third-order valence-electron chi connectivity index (χ3n) is 3.05. The Bertz CT molecular complexity index is 748. The van der Waals surface area contributed by atoms with E-state index in [1.54, 1.807) is 24.3 Å². The van der Waals surface area contributed by atoms with Gasteiger partial charge in [0, 0.05) is 17.1 Å². The molecular formula is C15H12ClNO2S. The molecule has 5 heteroatoms. The van der Waals surface area contributed by atoms with Crippen molar-refractivity contribution in [3.05, 3.63) is 58.3 Å². The topological polar surface area (TPSA) is 33.5 Å². The van der Waals surface area contributed by atoms with Gasteiger partial charge in [-0.3, -0.25) is 4.79 Å². The third kappa shape index (κ3) is 2.32. The van der Waals surface area contributed by atoms with E-state index in [0.29, 0.717) is 16.4 Å². The Morgan fingerprint density at radius 2 is 2.10 bits per heavy atom. The fraction of sp³-hybridized carbons (Fsp3) is 0.133. The molecule has 1 amide bonds. The highest BCUT2D eigenvalue weighted by Crippen LogP contribution is 2.35. The molecule has 3 aromatic rings. The van der Waals surface area contributed by atoms with Crippen molar-refractivity contribution in [3.8, 4) is 0 Å². The first-order valence-electron chi connectivity index (χ1n) is 6.11. The van der Waals surface area contributed by atoms with Crippen molar-refractivity contribution in [1.82, 2.24) is 4.90 Å². The SMILES string of the molecule is CN(Cc1ccco1)C(=O)c1sc2ccccc2c1Cl. The Labute approximate surface area is 125 Å². The number of halogens is 1. The Kier molecular flexibility index (Phi) is 3.51. The predicted octanol–water partition coefficient (Wildman–Crippen LogP) is 4.42. The molecule has 1 aromatic carbocycles. The van der Waals surface area contributed by atoms with Crippen LogP contribution in [0.1, 0.15) is 15.4 Å². The van der Waals surface area contributed by atoms with Crippen LogP contribution < -0.4 is 0 Å². The number of thiophene rings is 1. The minimum atomic E-state index is -0.0902. The van der Waals surface area contributed by atoms with Crippen molar-refractivity contribution in [3.63, 3.8) is 0 Å². The molecule has 0 aliphatic carbocycles. The summed E-state index contributed by atoms with van der Waals surface area (Å²) in [5.41, 5.74) is 0. The molecule has 20 heavy (non-hydrogen) atoms. The Morgan fingerprint density at radius 1 is 1.30 bits per heavy atom. The van der Waals surface area contributed by atoms with Gasteiger partial charge in [-0.05, 0) is 18.2 Å². The molecular weight excluding hydrogens is 294 g/mol.